The summed E-state index contributed by atoms with van der Waals surface area (Å²) in [7, 11) is 0. The Morgan fingerprint density at radius 2 is 1.79 bits per heavy atom. The Balaban J connectivity index is 2.17. The topological polar surface area (TPSA) is 38.0 Å². The van der Waals surface area contributed by atoms with E-state index in [1.807, 2.05) is 0 Å². The van der Waals surface area contributed by atoms with Gasteiger partial charge in [0, 0.05) is 22.2 Å². The molecule has 0 aliphatic heterocycles. The van der Waals surface area contributed by atoms with Gasteiger partial charge in [-0.15, -0.1) is 0 Å². The number of hydrogen-bond donors (Lipinski definition) is 2. The normalized spacial score (nSPS) is 24.3. The van der Waals surface area contributed by atoms with Gasteiger partial charge in [-0.3, -0.25) is 0 Å². The monoisotopic (exact) mass is 336 g/mol. The van der Waals surface area contributed by atoms with Gasteiger partial charge in [0.25, 0.3) is 0 Å². The van der Waals surface area contributed by atoms with E-state index in [0.717, 1.165) is 31.7 Å². The average Bonchev–Trinajstić information content (AvgIpc) is 2.30. The quantitative estimate of drug-likeness (QED) is 0.851. The van der Waals surface area contributed by atoms with E-state index in [1.165, 1.54) is 12.1 Å². The Morgan fingerprint density at radius 3 is 2.37 bits per heavy atom. The fourth-order valence-corrected chi connectivity index (χ4v) is 2.73. The van der Waals surface area contributed by atoms with Crippen molar-refractivity contribution in [3.63, 3.8) is 0 Å². The summed E-state index contributed by atoms with van der Waals surface area (Å²) in [6.07, 6.45) is -1.01. The molecule has 1 aromatic carbocycles. The molecule has 1 aliphatic rings. The molecule has 1 saturated carbocycles. The van der Waals surface area contributed by atoms with Gasteiger partial charge in [-0.1, -0.05) is 15.9 Å². The highest BCUT2D eigenvalue weighted by atomic mass is 79.9. The standard InChI is InChI=1S/C13H16BrF3N2/c14-8-1-6-11(13(15,16)17)12(7-8)19-10-4-2-9(18)3-5-10/h1,6-7,9-10,19H,2-5,18H2. The first-order valence-electron chi connectivity index (χ1n) is 6.25. The largest absolute Gasteiger partial charge is 0.418 e. The number of anilines is 1. The second-order valence-corrected chi connectivity index (χ2v) is 5.86. The van der Waals surface area contributed by atoms with Gasteiger partial charge in [0.05, 0.1) is 5.56 Å². The molecule has 1 aliphatic carbocycles. The van der Waals surface area contributed by atoms with Crippen LogP contribution in [0.1, 0.15) is 31.2 Å². The van der Waals surface area contributed by atoms with Crippen LogP contribution < -0.4 is 11.1 Å². The molecule has 2 nitrogen and oxygen atoms in total. The van der Waals surface area contributed by atoms with E-state index in [0.29, 0.717) is 4.47 Å². The fourth-order valence-electron chi connectivity index (χ4n) is 2.37. The number of halogens is 4. The van der Waals surface area contributed by atoms with E-state index >= 15 is 0 Å². The molecule has 0 saturated heterocycles. The zero-order valence-electron chi connectivity index (χ0n) is 10.3. The molecule has 0 atom stereocenters. The van der Waals surface area contributed by atoms with E-state index in [2.05, 4.69) is 21.2 Å². The van der Waals surface area contributed by atoms with Crippen molar-refractivity contribution in [2.45, 2.75) is 43.9 Å². The van der Waals surface area contributed by atoms with Gasteiger partial charge < -0.3 is 11.1 Å². The summed E-state index contributed by atoms with van der Waals surface area (Å²) >= 11 is 3.21. The number of alkyl halides is 3. The van der Waals surface area contributed by atoms with Crippen LogP contribution in [0, 0.1) is 0 Å². The van der Waals surface area contributed by atoms with Crippen molar-refractivity contribution < 1.29 is 13.2 Å². The molecule has 0 spiro atoms. The van der Waals surface area contributed by atoms with Crippen molar-refractivity contribution >= 4 is 21.6 Å². The number of nitrogens with one attached hydrogen (secondary N) is 1. The highest BCUT2D eigenvalue weighted by Crippen LogP contribution is 2.37. The molecule has 0 heterocycles. The molecule has 0 radical (unpaired) electrons. The molecule has 1 fully saturated rings. The lowest BCUT2D eigenvalue weighted by atomic mass is 9.91. The lowest BCUT2D eigenvalue weighted by molar-refractivity contribution is -0.137. The minimum Gasteiger partial charge on any atom is -0.382 e. The molecule has 106 valence electrons. The summed E-state index contributed by atoms with van der Waals surface area (Å²) in [6, 6.07) is 4.24. The Hall–Kier alpha value is -0.750. The summed E-state index contributed by atoms with van der Waals surface area (Å²) in [4.78, 5) is 0. The molecule has 0 unspecified atom stereocenters. The molecular weight excluding hydrogens is 321 g/mol. The lowest BCUT2D eigenvalue weighted by Crippen LogP contribution is -2.33. The summed E-state index contributed by atoms with van der Waals surface area (Å²) in [5.41, 5.74) is 5.32. The van der Waals surface area contributed by atoms with Crippen molar-refractivity contribution in [2.24, 2.45) is 5.73 Å². The van der Waals surface area contributed by atoms with Crippen molar-refractivity contribution in [1.29, 1.82) is 0 Å². The van der Waals surface area contributed by atoms with Gasteiger partial charge >= 0.3 is 6.18 Å². The van der Waals surface area contributed by atoms with Crippen LogP contribution in [0.25, 0.3) is 0 Å². The van der Waals surface area contributed by atoms with E-state index in [-0.39, 0.29) is 17.8 Å². The van der Waals surface area contributed by atoms with Gasteiger partial charge in [0.1, 0.15) is 0 Å². The predicted octanol–water partition coefficient (Wildman–Crippen LogP) is 4.15. The average molecular weight is 337 g/mol. The first-order chi connectivity index (χ1) is 8.86. The fraction of sp³-hybridized carbons (Fsp3) is 0.538. The first-order valence-corrected chi connectivity index (χ1v) is 7.04. The van der Waals surface area contributed by atoms with Crippen LogP contribution in [0.15, 0.2) is 22.7 Å². The van der Waals surface area contributed by atoms with Gasteiger partial charge in [-0.2, -0.15) is 13.2 Å². The van der Waals surface area contributed by atoms with E-state index < -0.39 is 11.7 Å². The predicted molar refractivity (Wildman–Crippen MR) is 73.0 cm³/mol. The maximum absolute atomic E-state index is 12.9. The third-order valence-electron chi connectivity index (χ3n) is 3.42. The second kappa shape index (κ2) is 5.71. The third kappa shape index (κ3) is 3.86. The van der Waals surface area contributed by atoms with Crippen molar-refractivity contribution in [3.8, 4) is 0 Å². The van der Waals surface area contributed by atoms with E-state index in [1.54, 1.807) is 0 Å². The summed E-state index contributed by atoms with van der Waals surface area (Å²) in [5, 5.41) is 3.01. The highest BCUT2D eigenvalue weighted by Gasteiger charge is 2.34. The van der Waals surface area contributed by atoms with Gasteiger partial charge in [0.15, 0.2) is 0 Å². The Labute approximate surface area is 118 Å². The van der Waals surface area contributed by atoms with Crippen LogP contribution in [0.4, 0.5) is 18.9 Å². The summed E-state index contributed by atoms with van der Waals surface area (Å²) in [6.45, 7) is 0. The summed E-state index contributed by atoms with van der Waals surface area (Å²) < 4.78 is 39.4. The van der Waals surface area contributed by atoms with Gasteiger partial charge in [-0.25, -0.2) is 0 Å². The van der Waals surface area contributed by atoms with Crippen LogP contribution in [0.5, 0.6) is 0 Å². The molecule has 0 amide bonds. The molecule has 1 aromatic rings. The molecule has 3 N–H and O–H groups in total. The smallest absolute Gasteiger partial charge is 0.382 e. The Morgan fingerprint density at radius 1 is 1.16 bits per heavy atom. The molecule has 0 bridgehead atoms. The molecule has 2 rings (SSSR count). The van der Waals surface area contributed by atoms with Crippen LogP contribution in [0.2, 0.25) is 0 Å². The van der Waals surface area contributed by atoms with Crippen LogP contribution >= 0.6 is 15.9 Å². The van der Waals surface area contributed by atoms with Crippen LogP contribution in [-0.4, -0.2) is 12.1 Å². The lowest BCUT2D eigenvalue weighted by Gasteiger charge is -2.28. The third-order valence-corrected chi connectivity index (χ3v) is 3.91. The van der Waals surface area contributed by atoms with Gasteiger partial charge in [0.2, 0.25) is 0 Å². The van der Waals surface area contributed by atoms with Crippen molar-refractivity contribution in [2.75, 3.05) is 5.32 Å². The minimum atomic E-state index is -4.34. The van der Waals surface area contributed by atoms with Crippen molar-refractivity contribution in [1.82, 2.24) is 0 Å². The van der Waals surface area contributed by atoms with Gasteiger partial charge in [-0.05, 0) is 43.9 Å². The first kappa shape index (κ1) is 14.7. The maximum Gasteiger partial charge on any atom is 0.418 e. The number of hydrogen-bond acceptors (Lipinski definition) is 2. The highest BCUT2D eigenvalue weighted by molar-refractivity contribution is 9.10. The zero-order valence-corrected chi connectivity index (χ0v) is 11.9. The molecule has 0 aromatic heterocycles. The Bertz CT molecular complexity index is 440. The van der Waals surface area contributed by atoms with Crippen LogP contribution in [-0.2, 0) is 6.18 Å². The number of rotatable bonds is 2. The minimum absolute atomic E-state index is 0.0650. The second-order valence-electron chi connectivity index (χ2n) is 4.94. The van der Waals surface area contributed by atoms with Crippen LogP contribution in [0.3, 0.4) is 0 Å². The maximum atomic E-state index is 12.9. The number of nitrogens with two attached hydrogens (primary N) is 1. The molecule has 19 heavy (non-hydrogen) atoms. The molecule has 6 heteroatoms. The zero-order chi connectivity index (χ0) is 14.0. The summed E-state index contributed by atoms with van der Waals surface area (Å²) in [5.74, 6) is 0. The van der Waals surface area contributed by atoms with E-state index in [4.69, 9.17) is 5.73 Å². The number of benzene rings is 1. The Kier molecular flexibility index (Phi) is 4.40. The SMILES string of the molecule is NC1CCC(Nc2cc(Br)ccc2C(F)(F)F)CC1. The van der Waals surface area contributed by atoms with Crippen molar-refractivity contribution in [3.05, 3.63) is 28.2 Å². The van der Waals surface area contributed by atoms with E-state index in [9.17, 15) is 13.2 Å². The molecular formula is C13H16BrF3N2.